The zero-order valence-corrected chi connectivity index (χ0v) is 31.7. The van der Waals surface area contributed by atoms with E-state index in [-0.39, 0.29) is 42.1 Å². The molecule has 21 nitrogen and oxygen atoms in total. The molecule has 0 aliphatic carbocycles. The van der Waals surface area contributed by atoms with Gasteiger partial charge in [0.25, 0.3) is 11.1 Å². The number of carbonyl (C=O) groups excluding carboxylic acids is 2. The van der Waals surface area contributed by atoms with E-state index in [0.717, 1.165) is 25.4 Å². The van der Waals surface area contributed by atoms with Gasteiger partial charge in [-0.05, 0) is 24.3 Å². The maximum absolute atomic E-state index is 13.8. The summed E-state index contributed by atoms with van der Waals surface area (Å²) in [6, 6.07) is 6.99. The van der Waals surface area contributed by atoms with E-state index in [1.807, 2.05) is 22.4 Å². The lowest BCUT2D eigenvalue weighted by molar-refractivity contribution is -0.117. The SMILES string of the molecule is Cn1c(=O)c2c(ncn2CC(=O)Nc2ccc(N3CCN(Cn4c(=O)c5c(ncn5CC(=O)Nc5ccc(-c6nccs6)cn5)n(C)c4=O)CC3)cn2)n(C)c1=O. The Bertz CT molecular complexity index is 2900. The number of carbonyl (C=O) groups is 2. The van der Waals surface area contributed by atoms with Gasteiger partial charge >= 0.3 is 11.4 Å². The van der Waals surface area contributed by atoms with Gasteiger partial charge in [0.2, 0.25) is 11.8 Å². The number of hydrogen-bond acceptors (Lipinski definition) is 14. The van der Waals surface area contributed by atoms with Gasteiger partial charge in [0.15, 0.2) is 22.3 Å². The second-order valence-electron chi connectivity index (χ2n) is 13.4. The van der Waals surface area contributed by atoms with E-state index in [1.165, 1.54) is 63.4 Å². The highest BCUT2D eigenvalue weighted by atomic mass is 32.1. The third-order valence-electron chi connectivity index (χ3n) is 9.75. The van der Waals surface area contributed by atoms with E-state index in [1.54, 1.807) is 30.7 Å². The Morgan fingerprint density at radius 2 is 1.28 bits per heavy atom. The van der Waals surface area contributed by atoms with Crippen molar-refractivity contribution in [2.75, 3.05) is 41.7 Å². The van der Waals surface area contributed by atoms with Gasteiger partial charge in [0.1, 0.15) is 29.7 Å². The number of pyridine rings is 2. The van der Waals surface area contributed by atoms with Crippen LogP contribution in [0.4, 0.5) is 17.3 Å². The molecular weight excluding hydrogens is 759 g/mol. The molecule has 0 spiro atoms. The summed E-state index contributed by atoms with van der Waals surface area (Å²) in [6.45, 7) is 1.83. The zero-order valence-electron chi connectivity index (χ0n) is 30.9. The van der Waals surface area contributed by atoms with Crippen LogP contribution in [-0.2, 0) is 50.5 Å². The Balaban J connectivity index is 0.884. The lowest BCUT2D eigenvalue weighted by Crippen LogP contribution is -2.50. The van der Waals surface area contributed by atoms with Crippen molar-refractivity contribution in [1.82, 2.24) is 57.2 Å². The molecule has 8 heterocycles. The highest BCUT2D eigenvalue weighted by molar-refractivity contribution is 7.13. The fourth-order valence-corrected chi connectivity index (χ4v) is 7.34. The standard InChI is InChI=1S/C35H35N15O6S/c1-43-29-27(32(53)45(3)34(43)55)48(18-39-29)16-25(51)42-24-7-5-22(15-38-24)47-11-9-46(10-12-47)20-50-33(54)28-30(44(2)35(50)56)40-19-49(28)17-26(52)41-23-6-4-21(14-37-23)31-36-8-13-57-31/h4-8,13-15,18-19H,9-12,16-17,20H2,1-3H3,(H,37,41,52)(H,38,42,51). The molecule has 1 aliphatic heterocycles. The number of rotatable bonds is 10. The van der Waals surface area contributed by atoms with Crippen LogP contribution in [0.2, 0.25) is 0 Å². The van der Waals surface area contributed by atoms with Crippen LogP contribution in [0.1, 0.15) is 0 Å². The Labute approximate surface area is 324 Å². The summed E-state index contributed by atoms with van der Waals surface area (Å²) in [5.41, 5.74) is 0.129. The summed E-state index contributed by atoms with van der Waals surface area (Å²) < 4.78 is 7.48. The van der Waals surface area contributed by atoms with Crippen LogP contribution in [-0.4, -0.2) is 95.2 Å². The molecule has 22 heteroatoms. The van der Waals surface area contributed by atoms with E-state index >= 15 is 0 Å². The molecule has 0 bridgehead atoms. The third-order valence-corrected chi connectivity index (χ3v) is 10.6. The van der Waals surface area contributed by atoms with Crippen molar-refractivity contribution in [1.29, 1.82) is 0 Å². The molecule has 2 amide bonds. The minimum atomic E-state index is -0.553. The normalized spacial score (nSPS) is 13.4. The van der Waals surface area contributed by atoms with Gasteiger partial charge in [-0.1, -0.05) is 0 Å². The van der Waals surface area contributed by atoms with E-state index in [4.69, 9.17) is 0 Å². The summed E-state index contributed by atoms with van der Waals surface area (Å²) in [6.07, 6.45) is 7.68. The van der Waals surface area contributed by atoms with Crippen LogP contribution in [0.3, 0.4) is 0 Å². The first-order chi connectivity index (χ1) is 27.5. The van der Waals surface area contributed by atoms with Crippen LogP contribution in [0.5, 0.6) is 0 Å². The molecule has 0 atom stereocenters. The zero-order chi connectivity index (χ0) is 40.0. The number of aryl methyl sites for hydroxylation is 2. The number of aromatic nitrogens is 11. The number of amides is 2. The topological polar surface area (TPSA) is 227 Å². The number of fused-ring (bicyclic) bond motifs is 2. The van der Waals surface area contributed by atoms with Crippen molar-refractivity contribution in [3.8, 4) is 10.6 Å². The van der Waals surface area contributed by atoms with E-state index in [2.05, 4.69) is 40.5 Å². The van der Waals surface area contributed by atoms with Crippen molar-refractivity contribution >= 4 is 62.8 Å². The molecule has 1 saturated heterocycles. The maximum Gasteiger partial charge on any atom is 0.333 e. The highest BCUT2D eigenvalue weighted by Gasteiger charge is 2.23. The summed E-state index contributed by atoms with van der Waals surface area (Å²) in [7, 11) is 4.41. The van der Waals surface area contributed by atoms with Crippen LogP contribution in [0.15, 0.2) is 80.1 Å². The lowest BCUT2D eigenvalue weighted by Gasteiger charge is -2.36. The molecule has 1 fully saturated rings. The predicted octanol–water partition coefficient (Wildman–Crippen LogP) is -0.386. The molecule has 0 saturated carbocycles. The lowest BCUT2D eigenvalue weighted by atomic mass is 10.3. The Morgan fingerprint density at radius 3 is 1.84 bits per heavy atom. The Hall–Kier alpha value is -7.07. The Kier molecular flexibility index (Phi) is 9.63. The molecule has 8 rings (SSSR count). The number of nitrogens with one attached hydrogen (secondary N) is 2. The first-order valence-electron chi connectivity index (χ1n) is 17.6. The number of hydrogen-bond donors (Lipinski definition) is 2. The van der Waals surface area contributed by atoms with Gasteiger partial charge < -0.3 is 24.7 Å². The third kappa shape index (κ3) is 7.02. The molecule has 0 aromatic carbocycles. The van der Waals surface area contributed by atoms with Gasteiger partial charge in [-0.3, -0.25) is 37.8 Å². The van der Waals surface area contributed by atoms with E-state index in [9.17, 15) is 28.8 Å². The average Bonchev–Trinajstić information content (AvgIpc) is 3.99. The quantitative estimate of drug-likeness (QED) is 0.180. The average molecular weight is 794 g/mol. The molecule has 1 aliphatic rings. The van der Waals surface area contributed by atoms with Gasteiger partial charge in [-0.2, -0.15) is 0 Å². The van der Waals surface area contributed by atoms with Crippen molar-refractivity contribution in [3.05, 3.63) is 103 Å². The summed E-state index contributed by atoms with van der Waals surface area (Å²) in [5.74, 6) is -0.200. The fraction of sp³-hybridized carbons (Fsp3) is 0.286. The minimum absolute atomic E-state index is 0.0415. The number of thiazole rings is 1. The minimum Gasteiger partial charge on any atom is -0.368 e. The van der Waals surface area contributed by atoms with Crippen molar-refractivity contribution in [2.24, 2.45) is 21.1 Å². The first kappa shape index (κ1) is 36.9. The number of imidazole rings is 2. The molecule has 0 radical (unpaired) electrons. The van der Waals surface area contributed by atoms with Crippen molar-refractivity contribution in [2.45, 2.75) is 19.8 Å². The molecule has 292 valence electrons. The van der Waals surface area contributed by atoms with Crippen LogP contribution < -0.4 is 38.0 Å². The molecule has 7 aromatic heterocycles. The van der Waals surface area contributed by atoms with E-state index in [0.29, 0.717) is 37.8 Å². The van der Waals surface area contributed by atoms with Gasteiger partial charge in [-0.25, -0.2) is 39.1 Å². The number of piperazine rings is 1. The monoisotopic (exact) mass is 793 g/mol. The van der Waals surface area contributed by atoms with Crippen LogP contribution >= 0.6 is 11.3 Å². The smallest absolute Gasteiger partial charge is 0.333 e. The summed E-state index contributed by atoms with van der Waals surface area (Å²) in [5, 5.41) is 8.15. The first-order valence-corrected chi connectivity index (χ1v) is 18.5. The molecule has 57 heavy (non-hydrogen) atoms. The summed E-state index contributed by atoms with van der Waals surface area (Å²) >= 11 is 1.48. The van der Waals surface area contributed by atoms with Crippen LogP contribution in [0, 0.1) is 0 Å². The number of nitrogens with zero attached hydrogens (tertiary/aromatic N) is 13. The van der Waals surface area contributed by atoms with Gasteiger partial charge in [0.05, 0.1) is 31.2 Å². The number of anilines is 3. The fourth-order valence-electron chi connectivity index (χ4n) is 6.71. The highest BCUT2D eigenvalue weighted by Crippen LogP contribution is 2.22. The predicted molar refractivity (Wildman–Crippen MR) is 210 cm³/mol. The molecule has 7 aromatic rings. The van der Waals surface area contributed by atoms with Gasteiger partial charge in [0, 0.05) is 70.7 Å². The largest absolute Gasteiger partial charge is 0.368 e. The molecular formula is C35H35N15O6S. The van der Waals surface area contributed by atoms with E-state index < -0.39 is 34.3 Å². The van der Waals surface area contributed by atoms with Crippen molar-refractivity contribution < 1.29 is 9.59 Å². The molecule has 2 N–H and O–H groups in total. The van der Waals surface area contributed by atoms with Crippen LogP contribution in [0.25, 0.3) is 32.9 Å². The van der Waals surface area contributed by atoms with Crippen molar-refractivity contribution in [3.63, 3.8) is 0 Å². The molecule has 0 unspecified atom stereocenters. The second-order valence-corrected chi connectivity index (χ2v) is 14.3. The second kappa shape index (κ2) is 14.9. The summed E-state index contributed by atoms with van der Waals surface area (Å²) in [4.78, 5) is 103. The van der Waals surface area contributed by atoms with Gasteiger partial charge in [-0.15, -0.1) is 11.3 Å². The Morgan fingerprint density at radius 1 is 0.684 bits per heavy atom. The maximum atomic E-state index is 13.8.